The standard InChI is InChI=1S/C15H14Br2N2O/c1-9(10-2-4-11(16)5-3-10)19-15(20)13-8-12(18)6-7-14(13)17/h2-9H,18H2,1H3,(H,19,20)/t9-/m1/s1. The van der Waals surface area contributed by atoms with Crippen LogP contribution < -0.4 is 11.1 Å². The molecule has 20 heavy (non-hydrogen) atoms. The molecule has 1 atom stereocenters. The number of nitrogen functional groups attached to an aromatic ring is 1. The molecular formula is C15H14Br2N2O. The van der Waals surface area contributed by atoms with E-state index in [4.69, 9.17) is 5.73 Å². The molecule has 104 valence electrons. The summed E-state index contributed by atoms with van der Waals surface area (Å²) in [6.45, 7) is 1.95. The number of amides is 1. The normalized spacial score (nSPS) is 11.9. The number of anilines is 1. The zero-order valence-electron chi connectivity index (χ0n) is 10.9. The molecular weight excluding hydrogens is 384 g/mol. The van der Waals surface area contributed by atoms with E-state index in [2.05, 4.69) is 37.2 Å². The molecule has 1 amide bonds. The van der Waals surface area contributed by atoms with Gasteiger partial charge in [-0.15, -0.1) is 0 Å². The second-order valence-corrected chi connectivity index (χ2v) is 6.26. The van der Waals surface area contributed by atoms with E-state index in [0.717, 1.165) is 14.5 Å². The van der Waals surface area contributed by atoms with Crippen molar-refractivity contribution in [3.8, 4) is 0 Å². The predicted molar refractivity (Wildman–Crippen MR) is 88.6 cm³/mol. The van der Waals surface area contributed by atoms with Crippen molar-refractivity contribution in [1.82, 2.24) is 5.32 Å². The van der Waals surface area contributed by atoms with E-state index < -0.39 is 0 Å². The van der Waals surface area contributed by atoms with Crippen LogP contribution in [0.2, 0.25) is 0 Å². The lowest BCUT2D eigenvalue weighted by Gasteiger charge is -2.15. The summed E-state index contributed by atoms with van der Waals surface area (Å²) in [4.78, 5) is 12.3. The highest BCUT2D eigenvalue weighted by Gasteiger charge is 2.14. The van der Waals surface area contributed by atoms with Crippen LogP contribution in [0.15, 0.2) is 51.4 Å². The quantitative estimate of drug-likeness (QED) is 0.759. The van der Waals surface area contributed by atoms with Crippen LogP contribution in [-0.2, 0) is 0 Å². The molecule has 0 bridgehead atoms. The number of halogens is 2. The Balaban J connectivity index is 2.15. The Morgan fingerprint density at radius 3 is 2.45 bits per heavy atom. The highest BCUT2D eigenvalue weighted by atomic mass is 79.9. The van der Waals surface area contributed by atoms with E-state index in [0.29, 0.717) is 11.3 Å². The average Bonchev–Trinajstić information content (AvgIpc) is 2.42. The Hall–Kier alpha value is -1.33. The Bertz CT molecular complexity index is 626. The van der Waals surface area contributed by atoms with E-state index >= 15 is 0 Å². The molecule has 0 saturated heterocycles. The fourth-order valence-electron chi connectivity index (χ4n) is 1.83. The number of carbonyl (C=O) groups is 1. The molecule has 0 radical (unpaired) electrons. The minimum atomic E-state index is -0.153. The smallest absolute Gasteiger partial charge is 0.252 e. The van der Waals surface area contributed by atoms with Gasteiger partial charge in [0.25, 0.3) is 5.91 Å². The molecule has 0 aliphatic heterocycles. The highest BCUT2D eigenvalue weighted by molar-refractivity contribution is 9.10. The number of nitrogens with one attached hydrogen (secondary N) is 1. The van der Waals surface area contributed by atoms with Crippen LogP contribution in [0.4, 0.5) is 5.69 Å². The second-order valence-electron chi connectivity index (χ2n) is 4.49. The summed E-state index contributed by atoms with van der Waals surface area (Å²) in [5.74, 6) is -0.153. The van der Waals surface area contributed by atoms with Crippen molar-refractivity contribution in [1.29, 1.82) is 0 Å². The lowest BCUT2D eigenvalue weighted by molar-refractivity contribution is 0.0939. The van der Waals surface area contributed by atoms with Gasteiger partial charge in [-0.25, -0.2) is 0 Å². The van der Waals surface area contributed by atoms with Crippen LogP contribution in [0.3, 0.4) is 0 Å². The van der Waals surface area contributed by atoms with E-state index in [1.54, 1.807) is 18.2 Å². The van der Waals surface area contributed by atoms with E-state index in [-0.39, 0.29) is 11.9 Å². The first-order chi connectivity index (χ1) is 9.47. The maximum absolute atomic E-state index is 12.3. The number of benzene rings is 2. The van der Waals surface area contributed by atoms with Crippen molar-refractivity contribution in [2.45, 2.75) is 13.0 Å². The summed E-state index contributed by atoms with van der Waals surface area (Å²) >= 11 is 6.76. The number of rotatable bonds is 3. The molecule has 0 aliphatic rings. The number of nitrogens with two attached hydrogens (primary N) is 1. The zero-order valence-corrected chi connectivity index (χ0v) is 14.0. The number of hydrogen-bond donors (Lipinski definition) is 2. The molecule has 0 fully saturated rings. The van der Waals surface area contributed by atoms with E-state index in [1.807, 2.05) is 31.2 Å². The van der Waals surface area contributed by atoms with Gasteiger partial charge in [-0.2, -0.15) is 0 Å². The molecule has 0 unspecified atom stereocenters. The van der Waals surface area contributed by atoms with E-state index in [9.17, 15) is 4.79 Å². The summed E-state index contributed by atoms with van der Waals surface area (Å²) in [5, 5.41) is 2.96. The lowest BCUT2D eigenvalue weighted by Crippen LogP contribution is -2.27. The van der Waals surface area contributed by atoms with Gasteiger partial charge in [0, 0.05) is 14.6 Å². The number of hydrogen-bond acceptors (Lipinski definition) is 2. The van der Waals surface area contributed by atoms with Gasteiger partial charge in [-0.1, -0.05) is 28.1 Å². The summed E-state index contributed by atoms with van der Waals surface area (Å²) < 4.78 is 1.74. The summed E-state index contributed by atoms with van der Waals surface area (Å²) in [7, 11) is 0. The fourth-order valence-corrected chi connectivity index (χ4v) is 2.52. The third-order valence-electron chi connectivity index (χ3n) is 2.95. The SMILES string of the molecule is C[C@@H](NC(=O)c1cc(N)ccc1Br)c1ccc(Br)cc1. The molecule has 0 heterocycles. The van der Waals surface area contributed by atoms with Gasteiger partial charge in [0.15, 0.2) is 0 Å². The monoisotopic (exact) mass is 396 g/mol. The molecule has 2 aromatic rings. The minimum Gasteiger partial charge on any atom is -0.399 e. The predicted octanol–water partition coefficient (Wildman–Crippen LogP) is 4.28. The van der Waals surface area contributed by atoms with Crippen molar-refractivity contribution in [2.75, 3.05) is 5.73 Å². The third-order valence-corrected chi connectivity index (χ3v) is 4.17. The van der Waals surface area contributed by atoms with Crippen molar-refractivity contribution in [3.63, 3.8) is 0 Å². The van der Waals surface area contributed by atoms with Crippen molar-refractivity contribution < 1.29 is 4.79 Å². The van der Waals surface area contributed by atoms with Crippen LogP contribution in [0.25, 0.3) is 0 Å². The van der Waals surface area contributed by atoms with E-state index in [1.165, 1.54) is 0 Å². The molecule has 2 rings (SSSR count). The van der Waals surface area contributed by atoms with Crippen molar-refractivity contribution >= 4 is 43.5 Å². The van der Waals surface area contributed by atoms with Gasteiger partial charge in [-0.05, 0) is 58.7 Å². The fraction of sp³-hybridized carbons (Fsp3) is 0.133. The first-order valence-electron chi connectivity index (χ1n) is 6.08. The molecule has 0 spiro atoms. The van der Waals surface area contributed by atoms with Gasteiger partial charge < -0.3 is 11.1 Å². The van der Waals surface area contributed by atoms with Crippen LogP contribution in [-0.4, -0.2) is 5.91 Å². The molecule has 0 saturated carbocycles. The topological polar surface area (TPSA) is 55.1 Å². The lowest BCUT2D eigenvalue weighted by atomic mass is 10.1. The molecule has 0 aliphatic carbocycles. The molecule has 3 nitrogen and oxygen atoms in total. The Morgan fingerprint density at radius 1 is 1.15 bits per heavy atom. The van der Waals surface area contributed by atoms with Crippen LogP contribution in [0, 0.1) is 0 Å². The first-order valence-corrected chi connectivity index (χ1v) is 7.67. The van der Waals surface area contributed by atoms with Gasteiger partial charge in [0.2, 0.25) is 0 Å². The maximum atomic E-state index is 12.3. The Morgan fingerprint density at radius 2 is 1.80 bits per heavy atom. The molecule has 0 aromatic heterocycles. The molecule has 5 heteroatoms. The summed E-state index contributed by atoms with van der Waals surface area (Å²) in [6, 6.07) is 13.0. The van der Waals surface area contributed by atoms with Gasteiger partial charge in [0.05, 0.1) is 11.6 Å². The Kier molecular flexibility index (Phi) is 4.83. The average molecular weight is 398 g/mol. The maximum Gasteiger partial charge on any atom is 0.252 e. The van der Waals surface area contributed by atoms with Crippen LogP contribution in [0.5, 0.6) is 0 Å². The van der Waals surface area contributed by atoms with Gasteiger partial charge >= 0.3 is 0 Å². The third kappa shape index (κ3) is 3.61. The molecule has 2 aromatic carbocycles. The highest BCUT2D eigenvalue weighted by Crippen LogP contribution is 2.21. The number of carbonyl (C=O) groups excluding carboxylic acids is 1. The van der Waals surface area contributed by atoms with Crippen LogP contribution in [0.1, 0.15) is 28.9 Å². The van der Waals surface area contributed by atoms with Crippen molar-refractivity contribution in [2.24, 2.45) is 0 Å². The minimum absolute atomic E-state index is 0.0797. The summed E-state index contributed by atoms with van der Waals surface area (Å²) in [6.07, 6.45) is 0. The first kappa shape index (κ1) is 15.1. The summed E-state index contributed by atoms with van der Waals surface area (Å²) in [5.41, 5.74) is 7.86. The largest absolute Gasteiger partial charge is 0.399 e. The zero-order chi connectivity index (χ0) is 14.7. The molecule has 3 N–H and O–H groups in total. The van der Waals surface area contributed by atoms with Crippen molar-refractivity contribution in [3.05, 3.63) is 62.5 Å². The Labute approximate surface area is 134 Å². The van der Waals surface area contributed by atoms with Gasteiger partial charge in [0.1, 0.15) is 0 Å². The van der Waals surface area contributed by atoms with Gasteiger partial charge in [-0.3, -0.25) is 4.79 Å². The second kappa shape index (κ2) is 6.41. The van der Waals surface area contributed by atoms with Crippen LogP contribution >= 0.6 is 31.9 Å².